The van der Waals surface area contributed by atoms with Gasteiger partial charge in [-0.2, -0.15) is 0 Å². The second-order valence-electron chi connectivity index (χ2n) is 5.71. The molecule has 0 radical (unpaired) electrons. The molecule has 98 valence electrons. The van der Waals surface area contributed by atoms with Gasteiger partial charge in [0.25, 0.3) is 0 Å². The maximum Gasteiger partial charge on any atom is 0.122 e. The van der Waals surface area contributed by atoms with E-state index in [-0.39, 0.29) is 0 Å². The summed E-state index contributed by atoms with van der Waals surface area (Å²) in [6, 6.07) is 6.58. The Labute approximate surface area is 109 Å². The van der Waals surface area contributed by atoms with Gasteiger partial charge in [0.1, 0.15) is 5.75 Å². The van der Waals surface area contributed by atoms with Crippen LogP contribution in [0.15, 0.2) is 18.2 Å². The molecule has 1 aromatic carbocycles. The molecular weight excluding hydrogens is 224 g/mol. The molecule has 3 heteroatoms. The normalized spacial score (nSPS) is 30.6. The molecule has 3 heterocycles. The number of para-hydroxylation sites is 1. The maximum absolute atomic E-state index is 10.0. The van der Waals surface area contributed by atoms with E-state index in [9.17, 15) is 5.11 Å². The Morgan fingerprint density at radius 1 is 1.33 bits per heavy atom. The molecule has 3 nitrogen and oxygen atoms in total. The molecule has 3 saturated heterocycles. The average Bonchev–Trinajstić information content (AvgIpc) is 2.42. The fourth-order valence-corrected chi connectivity index (χ4v) is 3.30. The third-order valence-corrected chi connectivity index (χ3v) is 4.53. The summed E-state index contributed by atoms with van der Waals surface area (Å²) in [6.45, 7) is 6.46. The lowest BCUT2D eigenvalue weighted by atomic mass is 9.84. The number of hydrogen-bond donors (Lipinski definition) is 2. The molecule has 3 aliphatic heterocycles. The van der Waals surface area contributed by atoms with Gasteiger partial charge in [-0.25, -0.2) is 0 Å². The average molecular weight is 246 g/mol. The molecule has 0 aromatic heterocycles. The van der Waals surface area contributed by atoms with E-state index < -0.39 is 0 Å². The van der Waals surface area contributed by atoms with Gasteiger partial charge in [-0.1, -0.05) is 18.2 Å². The van der Waals surface area contributed by atoms with Crippen molar-refractivity contribution in [2.45, 2.75) is 32.4 Å². The van der Waals surface area contributed by atoms with Crippen LogP contribution in [0.5, 0.6) is 5.75 Å². The van der Waals surface area contributed by atoms with Gasteiger partial charge in [-0.05, 0) is 44.3 Å². The van der Waals surface area contributed by atoms with Crippen molar-refractivity contribution in [3.05, 3.63) is 29.3 Å². The van der Waals surface area contributed by atoms with Crippen LogP contribution in [-0.4, -0.2) is 35.7 Å². The van der Waals surface area contributed by atoms with Crippen LogP contribution in [0.25, 0.3) is 0 Å². The van der Waals surface area contributed by atoms with Gasteiger partial charge in [0.05, 0.1) is 0 Å². The van der Waals surface area contributed by atoms with E-state index in [0.717, 1.165) is 23.6 Å². The minimum Gasteiger partial charge on any atom is -0.507 e. The number of phenols is 1. The van der Waals surface area contributed by atoms with Gasteiger partial charge in [0.2, 0.25) is 0 Å². The molecule has 0 spiro atoms. The molecular formula is C15H22N2O. The van der Waals surface area contributed by atoms with E-state index in [0.29, 0.717) is 11.8 Å². The number of fused-ring (bicyclic) bond motifs is 3. The largest absolute Gasteiger partial charge is 0.507 e. The number of aryl methyl sites for hydroxylation is 1. The number of rotatable bonds is 3. The lowest BCUT2D eigenvalue weighted by Crippen LogP contribution is -2.55. The molecule has 4 rings (SSSR count). The summed E-state index contributed by atoms with van der Waals surface area (Å²) in [4.78, 5) is 2.55. The molecule has 0 saturated carbocycles. The van der Waals surface area contributed by atoms with E-state index in [1.165, 1.54) is 32.5 Å². The number of nitrogens with zero attached hydrogens (tertiary/aromatic N) is 1. The number of benzene rings is 1. The van der Waals surface area contributed by atoms with Gasteiger partial charge in [-0.15, -0.1) is 0 Å². The molecule has 2 bridgehead atoms. The molecule has 2 N–H and O–H groups in total. The summed E-state index contributed by atoms with van der Waals surface area (Å²) in [5.74, 6) is 1.29. The van der Waals surface area contributed by atoms with Gasteiger partial charge >= 0.3 is 0 Å². The molecule has 1 atom stereocenters. The third-order valence-electron chi connectivity index (χ3n) is 4.53. The topological polar surface area (TPSA) is 35.5 Å². The number of nitrogens with one attached hydrogen (secondary N) is 1. The summed E-state index contributed by atoms with van der Waals surface area (Å²) in [5, 5.41) is 13.6. The van der Waals surface area contributed by atoms with E-state index in [4.69, 9.17) is 0 Å². The molecule has 18 heavy (non-hydrogen) atoms. The van der Waals surface area contributed by atoms with E-state index >= 15 is 0 Å². The smallest absolute Gasteiger partial charge is 0.122 e. The van der Waals surface area contributed by atoms with Crippen LogP contribution >= 0.6 is 0 Å². The zero-order chi connectivity index (χ0) is 12.5. The summed E-state index contributed by atoms with van der Waals surface area (Å²) < 4.78 is 0. The summed E-state index contributed by atoms with van der Waals surface area (Å²) >= 11 is 0. The lowest BCUT2D eigenvalue weighted by Gasteiger charge is -2.45. The summed E-state index contributed by atoms with van der Waals surface area (Å²) in [6.07, 6.45) is 2.66. The monoisotopic (exact) mass is 246 g/mol. The molecule has 0 amide bonds. The van der Waals surface area contributed by atoms with Gasteiger partial charge in [0, 0.05) is 24.7 Å². The predicted octanol–water partition coefficient (Wildman–Crippen LogP) is 1.88. The SMILES string of the molecule is Cc1cccc(CNC2CN3CCC2CC3)c1O. The minimum atomic E-state index is 0.450. The minimum absolute atomic E-state index is 0.450. The molecule has 3 fully saturated rings. The highest BCUT2D eigenvalue weighted by molar-refractivity contribution is 5.39. The van der Waals surface area contributed by atoms with Crippen LogP contribution in [0.2, 0.25) is 0 Å². The number of hydrogen-bond acceptors (Lipinski definition) is 3. The highest BCUT2D eigenvalue weighted by Crippen LogP contribution is 2.28. The first-order valence-electron chi connectivity index (χ1n) is 6.97. The first kappa shape index (κ1) is 12.0. The van der Waals surface area contributed by atoms with Crippen LogP contribution in [0.4, 0.5) is 0 Å². The first-order chi connectivity index (χ1) is 8.74. The van der Waals surface area contributed by atoms with Crippen molar-refractivity contribution in [3.8, 4) is 5.75 Å². The standard InChI is InChI=1S/C15H22N2O/c1-11-3-2-4-13(15(11)18)9-16-14-10-17-7-5-12(14)6-8-17/h2-4,12,14,16,18H,5-10H2,1H3. The van der Waals surface area contributed by atoms with E-state index in [1.54, 1.807) is 0 Å². The highest BCUT2D eigenvalue weighted by atomic mass is 16.3. The molecule has 1 aromatic rings. The van der Waals surface area contributed by atoms with Crippen LogP contribution in [0, 0.1) is 12.8 Å². The Bertz CT molecular complexity index is 425. The van der Waals surface area contributed by atoms with Gasteiger partial charge in [-0.3, -0.25) is 0 Å². The van der Waals surface area contributed by atoms with E-state index in [1.807, 2.05) is 25.1 Å². The van der Waals surface area contributed by atoms with Crippen molar-refractivity contribution in [2.24, 2.45) is 5.92 Å². The molecule has 3 aliphatic rings. The summed E-state index contributed by atoms with van der Waals surface area (Å²) in [5.41, 5.74) is 1.98. The molecule has 1 unspecified atom stereocenters. The second-order valence-corrected chi connectivity index (χ2v) is 5.71. The Hall–Kier alpha value is -1.06. The maximum atomic E-state index is 10.0. The van der Waals surface area contributed by atoms with Crippen molar-refractivity contribution in [3.63, 3.8) is 0 Å². The fraction of sp³-hybridized carbons (Fsp3) is 0.600. The van der Waals surface area contributed by atoms with Crippen LogP contribution in [0.1, 0.15) is 24.0 Å². The Morgan fingerprint density at radius 2 is 2.11 bits per heavy atom. The van der Waals surface area contributed by atoms with Gasteiger partial charge < -0.3 is 15.3 Å². The summed E-state index contributed by atoms with van der Waals surface area (Å²) in [7, 11) is 0. The zero-order valence-corrected chi connectivity index (χ0v) is 11.0. The third kappa shape index (κ3) is 2.25. The lowest BCUT2D eigenvalue weighted by molar-refractivity contribution is 0.0719. The number of piperidine rings is 3. The zero-order valence-electron chi connectivity index (χ0n) is 11.0. The number of phenolic OH excluding ortho intramolecular Hbond substituents is 1. The first-order valence-corrected chi connectivity index (χ1v) is 6.97. The quantitative estimate of drug-likeness (QED) is 0.855. The number of aromatic hydroxyl groups is 1. The predicted molar refractivity (Wildman–Crippen MR) is 72.6 cm³/mol. The Kier molecular flexibility index (Phi) is 3.27. The Balaban J connectivity index is 1.63. The van der Waals surface area contributed by atoms with Gasteiger partial charge in [0.15, 0.2) is 0 Å². The Morgan fingerprint density at radius 3 is 2.78 bits per heavy atom. The van der Waals surface area contributed by atoms with Crippen molar-refractivity contribution in [1.29, 1.82) is 0 Å². The fourth-order valence-electron chi connectivity index (χ4n) is 3.30. The van der Waals surface area contributed by atoms with E-state index in [2.05, 4.69) is 10.2 Å². The molecule has 0 aliphatic carbocycles. The van der Waals surface area contributed by atoms with Crippen LogP contribution in [0.3, 0.4) is 0 Å². The van der Waals surface area contributed by atoms with Crippen molar-refractivity contribution in [2.75, 3.05) is 19.6 Å². The van der Waals surface area contributed by atoms with Crippen molar-refractivity contribution >= 4 is 0 Å². The highest BCUT2D eigenvalue weighted by Gasteiger charge is 2.33. The van der Waals surface area contributed by atoms with Crippen LogP contribution in [-0.2, 0) is 6.54 Å². The van der Waals surface area contributed by atoms with Crippen molar-refractivity contribution < 1.29 is 5.11 Å². The second kappa shape index (κ2) is 4.90. The van der Waals surface area contributed by atoms with Crippen LogP contribution < -0.4 is 5.32 Å². The van der Waals surface area contributed by atoms with Crippen molar-refractivity contribution in [1.82, 2.24) is 10.2 Å².